The second-order valence-corrected chi connectivity index (χ2v) is 6.11. The maximum atomic E-state index is 6.14. The van der Waals surface area contributed by atoms with E-state index in [-0.39, 0.29) is 5.54 Å². The molecule has 2 unspecified atom stereocenters. The van der Waals surface area contributed by atoms with Crippen LogP contribution in [0.1, 0.15) is 38.2 Å². The van der Waals surface area contributed by atoms with E-state index in [0.29, 0.717) is 0 Å². The number of nitrogens with zero attached hydrogens (tertiary/aromatic N) is 1. The maximum absolute atomic E-state index is 6.14. The molecule has 0 heterocycles. The zero-order valence-electron chi connectivity index (χ0n) is 13.1. The van der Waals surface area contributed by atoms with E-state index in [1.807, 2.05) is 12.1 Å². The van der Waals surface area contributed by atoms with Crippen molar-refractivity contribution < 1.29 is 4.74 Å². The number of para-hydroxylation sites is 1. The molecule has 1 aromatic carbocycles. The Bertz CT molecular complexity index is 435. The second kappa shape index (κ2) is 6.59. The normalized spacial score (nSPS) is 26.1. The van der Waals surface area contributed by atoms with Crippen LogP contribution < -0.4 is 10.5 Å². The van der Waals surface area contributed by atoms with E-state index in [0.717, 1.165) is 24.8 Å². The van der Waals surface area contributed by atoms with Gasteiger partial charge in [-0.2, -0.15) is 0 Å². The summed E-state index contributed by atoms with van der Waals surface area (Å²) in [6.45, 7) is 3.93. The van der Waals surface area contributed by atoms with Crippen molar-refractivity contribution in [2.75, 3.05) is 20.7 Å². The highest BCUT2D eigenvalue weighted by atomic mass is 16.5. The average Bonchev–Trinajstić information content (AvgIpc) is 2.93. The zero-order chi connectivity index (χ0) is 14.6. The van der Waals surface area contributed by atoms with Crippen LogP contribution in [0.5, 0.6) is 5.75 Å². The van der Waals surface area contributed by atoms with E-state index >= 15 is 0 Å². The molecule has 1 aliphatic rings. The predicted octanol–water partition coefficient (Wildman–Crippen LogP) is 3.03. The molecule has 2 N–H and O–H groups in total. The second-order valence-electron chi connectivity index (χ2n) is 6.11. The molecule has 0 radical (unpaired) electrons. The third-order valence-electron chi connectivity index (χ3n) is 5.05. The van der Waals surface area contributed by atoms with Gasteiger partial charge in [-0.3, -0.25) is 4.90 Å². The van der Waals surface area contributed by atoms with Gasteiger partial charge < -0.3 is 10.5 Å². The first-order valence-corrected chi connectivity index (χ1v) is 7.68. The standard InChI is InChI=1S/C17H28N2O/c1-4-14-9-10-17(11-14,13-18)19(2)12-15-7-5-6-8-16(15)20-3/h5-8,14H,4,9-13,18H2,1-3H3. The molecule has 0 bridgehead atoms. The fraction of sp³-hybridized carbons (Fsp3) is 0.647. The zero-order valence-corrected chi connectivity index (χ0v) is 13.1. The van der Waals surface area contributed by atoms with Crippen LogP contribution >= 0.6 is 0 Å². The van der Waals surface area contributed by atoms with E-state index < -0.39 is 0 Å². The number of nitrogens with two attached hydrogens (primary N) is 1. The number of methoxy groups -OCH3 is 1. The van der Waals surface area contributed by atoms with E-state index in [1.165, 1.54) is 31.2 Å². The largest absolute Gasteiger partial charge is 0.496 e. The van der Waals surface area contributed by atoms with Crippen LogP contribution in [0.15, 0.2) is 24.3 Å². The van der Waals surface area contributed by atoms with Crippen molar-refractivity contribution in [3.63, 3.8) is 0 Å². The van der Waals surface area contributed by atoms with Gasteiger partial charge in [-0.1, -0.05) is 31.5 Å². The first kappa shape index (κ1) is 15.3. The maximum Gasteiger partial charge on any atom is 0.123 e. The Hall–Kier alpha value is -1.06. The Kier molecular flexibility index (Phi) is 5.06. The van der Waals surface area contributed by atoms with Crippen molar-refractivity contribution in [3.8, 4) is 5.75 Å². The Morgan fingerprint density at radius 3 is 2.75 bits per heavy atom. The lowest BCUT2D eigenvalue weighted by atomic mass is 9.92. The molecule has 2 atom stereocenters. The van der Waals surface area contributed by atoms with Gasteiger partial charge in [-0.15, -0.1) is 0 Å². The number of rotatable bonds is 6. The Balaban J connectivity index is 2.12. The molecule has 1 aliphatic carbocycles. The number of likely N-dealkylation sites (N-methyl/N-ethyl adjacent to an activating group) is 1. The summed E-state index contributed by atoms with van der Waals surface area (Å²) in [6.07, 6.45) is 5.02. The highest BCUT2D eigenvalue weighted by molar-refractivity contribution is 5.33. The number of hydrogen-bond donors (Lipinski definition) is 1. The van der Waals surface area contributed by atoms with Gasteiger partial charge in [0.25, 0.3) is 0 Å². The molecular formula is C17H28N2O. The van der Waals surface area contributed by atoms with Crippen LogP contribution in [-0.2, 0) is 6.54 Å². The van der Waals surface area contributed by atoms with Crippen molar-refractivity contribution in [1.82, 2.24) is 4.90 Å². The lowest BCUT2D eigenvalue weighted by Gasteiger charge is -2.38. The van der Waals surface area contributed by atoms with Gasteiger partial charge in [0.15, 0.2) is 0 Å². The van der Waals surface area contributed by atoms with Gasteiger partial charge in [0.05, 0.1) is 7.11 Å². The van der Waals surface area contributed by atoms with Crippen molar-refractivity contribution in [3.05, 3.63) is 29.8 Å². The van der Waals surface area contributed by atoms with Crippen LogP contribution in [-0.4, -0.2) is 31.1 Å². The molecule has 1 aromatic rings. The average molecular weight is 276 g/mol. The number of hydrogen-bond acceptors (Lipinski definition) is 3. The van der Waals surface area contributed by atoms with Crippen molar-refractivity contribution in [2.24, 2.45) is 11.7 Å². The van der Waals surface area contributed by atoms with Crippen molar-refractivity contribution in [2.45, 2.75) is 44.7 Å². The number of ether oxygens (including phenoxy) is 1. The van der Waals surface area contributed by atoms with Crippen molar-refractivity contribution >= 4 is 0 Å². The van der Waals surface area contributed by atoms with E-state index in [9.17, 15) is 0 Å². The van der Waals surface area contributed by atoms with Gasteiger partial charge in [0, 0.05) is 24.2 Å². The summed E-state index contributed by atoms with van der Waals surface area (Å²) in [6, 6.07) is 8.27. The molecule has 0 aromatic heterocycles. The summed E-state index contributed by atoms with van der Waals surface area (Å²) in [5.41, 5.74) is 7.55. The van der Waals surface area contributed by atoms with Crippen LogP contribution in [0.4, 0.5) is 0 Å². The molecule has 0 aliphatic heterocycles. The minimum absolute atomic E-state index is 0.168. The van der Waals surface area contributed by atoms with E-state index in [4.69, 9.17) is 10.5 Å². The van der Waals surface area contributed by atoms with Gasteiger partial charge in [-0.05, 0) is 38.3 Å². The molecule has 1 fully saturated rings. The smallest absolute Gasteiger partial charge is 0.123 e. The summed E-state index contributed by atoms with van der Waals surface area (Å²) in [5.74, 6) is 1.80. The molecule has 3 heteroatoms. The van der Waals surface area contributed by atoms with Crippen molar-refractivity contribution in [1.29, 1.82) is 0 Å². The van der Waals surface area contributed by atoms with Crippen LogP contribution in [0, 0.1) is 5.92 Å². The molecule has 0 spiro atoms. The van der Waals surface area contributed by atoms with Crippen LogP contribution in [0.3, 0.4) is 0 Å². The van der Waals surface area contributed by atoms with Crippen LogP contribution in [0.2, 0.25) is 0 Å². The third-order valence-corrected chi connectivity index (χ3v) is 5.05. The number of benzene rings is 1. The summed E-state index contributed by atoms with van der Waals surface area (Å²) < 4.78 is 5.46. The lowest BCUT2D eigenvalue weighted by Crippen LogP contribution is -2.49. The predicted molar refractivity (Wildman–Crippen MR) is 83.9 cm³/mol. The van der Waals surface area contributed by atoms with Crippen LogP contribution in [0.25, 0.3) is 0 Å². The van der Waals surface area contributed by atoms with E-state index in [1.54, 1.807) is 7.11 Å². The summed E-state index contributed by atoms with van der Waals surface area (Å²) >= 11 is 0. The molecular weight excluding hydrogens is 248 g/mol. The molecule has 112 valence electrons. The molecule has 20 heavy (non-hydrogen) atoms. The topological polar surface area (TPSA) is 38.5 Å². The van der Waals surface area contributed by atoms with Gasteiger partial charge in [0.2, 0.25) is 0 Å². The van der Waals surface area contributed by atoms with Gasteiger partial charge >= 0.3 is 0 Å². The van der Waals surface area contributed by atoms with E-state index in [2.05, 4.69) is 31.0 Å². The summed E-state index contributed by atoms with van der Waals surface area (Å²) in [4.78, 5) is 2.44. The monoisotopic (exact) mass is 276 g/mol. The highest BCUT2D eigenvalue weighted by Crippen LogP contribution is 2.40. The first-order chi connectivity index (χ1) is 9.65. The Labute approximate surface area is 123 Å². The minimum Gasteiger partial charge on any atom is -0.496 e. The molecule has 3 nitrogen and oxygen atoms in total. The molecule has 0 amide bonds. The molecule has 2 rings (SSSR count). The quantitative estimate of drug-likeness (QED) is 0.868. The minimum atomic E-state index is 0.168. The summed E-state index contributed by atoms with van der Waals surface area (Å²) in [7, 11) is 3.94. The van der Waals surface area contributed by atoms with Gasteiger partial charge in [0.1, 0.15) is 5.75 Å². The lowest BCUT2D eigenvalue weighted by molar-refractivity contribution is 0.118. The summed E-state index contributed by atoms with van der Waals surface area (Å²) in [5, 5.41) is 0. The highest BCUT2D eigenvalue weighted by Gasteiger charge is 2.40. The first-order valence-electron chi connectivity index (χ1n) is 7.68. The molecule has 1 saturated carbocycles. The Morgan fingerprint density at radius 1 is 1.40 bits per heavy atom. The Morgan fingerprint density at radius 2 is 2.15 bits per heavy atom. The third kappa shape index (κ3) is 2.99. The molecule has 0 saturated heterocycles. The SMILES string of the molecule is CCC1CCC(CN)(N(C)Cc2ccccc2OC)C1. The fourth-order valence-corrected chi connectivity index (χ4v) is 3.51. The van der Waals surface area contributed by atoms with Gasteiger partial charge in [-0.25, -0.2) is 0 Å². The fourth-order valence-electron chi connectivity index (χ4n) is 3.51.